The largest absolute Gasteiger partial charge is 0.492 e. The molecule has 1 aromatic heterocycles. The molecule has 2 aliphatic rings. The smallest absolute Gasteiger partial charge is 0.224 e. The second-order valence-electron chi connectivity index (χ2n) is 7.77. The molecule has 0 bridgehead atoms. The lowest BCUT2D eigenvalue weighted by molar-refractivity contribution is -0.123. The van der Waals surface area contributed by atoms with E-state index in [1.165, 1.54) is 24.0 Å². The van der Waals surface area contributed by atoms with E-state index in [-0.39, 0.29) is 17.9 Å². The van der Waals surface area contributed by atoms with E-state index < -0.39 is 0 Å². The van der Waals surface area contributed by atoms with Crippen LogP contribution in [0.3, 0.4) is 0 Å². The Balaban J connectivity index is 1.30. The third-order valence-corrected chi connectivity index (χ3v) is 5.34. The molecule has 2 aliphatic carbocycles. The number of rotatable bonds is 7. The van der Waals surface area contributed by atoms with Crippen molar-refractivity contribution in [3.8, 4) is 5.75 Å². The van der Waals surface area contributed by atoms with E-state index in [0.29, 0.717) is 5.92 Å². The van der Waals surface area contributed by atoms with Gasteiger partial charge >= 0.3 is 0 Å². The van der Waals surface area contributed by atoms with Gasteiger partial charge in [0.2, 0.25) is 5.91 Å². The van der Waals surface area contributed by atoms with Crippen LogP contribution >= 0.6 is 0 Å². The number of hydrogen-bond donors (Lipinski definition) is 1. The lowest BCUT2D eigenvalue weighted by atomic mass is 10.1. The molecule has 136 valence electrons. The van der Waals surface area contributed by atoms with Gasteiger partial charge in [0.1, 0.15) is 5.75 Å². The monoisotopic (exact) mass is 350 g/mol. The molecule has 2 saturated carbocycles. The number of nitrogens with one attached hydrogen (secondary N) is 1. The minimum absolute atomic E-state index is 0.0837. The van der Waals surface area contributed by atoms with Gasteiger partial charge in [-0.1, -0.05) is 29.8 Å². The van der Waals surface area contributed by atoms with Crippen LogP contribution in [0.25, 0.3) is 0 Å². The predicted molar refractivity (Wildman–Crippen MR) is 101 cm³/mol. The quantitative estimate of drug-likeness (QED) is 0.816. The first kappa shape index (κ1) is 17.1. The number of aromatic nitrogens is 1. The number of carbonyl (C=O) groups excluding carboxylic acids is 1. The molecule has 4 heteroatoms. The van der Waals surface area contributed by atoms with Crippen LogP contribution in [-0.2, 0) is 4.79 Å². The number of aryl methyl sites for hydroxylation is 1. The molecule has 4 rings (SSSR count). The van der Waals surface area contributed by atoms with Crippen molar-refractivity contribution < 1.29 is 9.53 Å². The summed E-state index contributed by atoms with van der Waals surface area (Å²) < 4.78 is 5.72. The molecule has 4 nitrogen and oxygen atoms in total. The first-order valence-electron chi connectivity index (χ1n) is 9.56. The van der Waals surface area contributed by atoms with Gasteiger partial charge in [-0.3, -0.25) is 9.78 Å². The SMILES string of the molecule is Cc1cccc([C@@H]2C[C@H]2C(=O)N[C@H](C)c2ccc(OCC3CC3)cn2)c1. The lowest BCUT2D eigenvalue weighted by Gasteiger charge is -2.14. The highest BCUT2D eigenvalue weighted by molar-refractivity contribution is 5.83. The Morgan fingerprint density at radius 1 is 1.31 bits per heavy atom. The molecular weight excluding hydrogens is 324 g/mol. The molecule has 2 fully saturated rings. The van der Waals surface area contributed by atoms with E-state index >= 15 is 0 Å². The highest BCUT2D eigenvalue weighted by Crippen LogP contribution is 2.47. The number of ether oxygens (including phenoxy) is 1. The van der Waals surface area contributed by atoms with Crippen LogP contribution in [0.5, 0.6) is 5.75 Å². The maximum absolute atomic E-state index is 12.5. The fourth-order valence-corrected chi connectivity index (χ4v) is 3.38. The van der Waals surface area contributed by atoms with E-state index in [2.05, 4.69) is 41.5 Å². The second kappa shape index (κ2) is 7.10. The van der Waals surface area contributed by atoms with Crippen LogP contribution in [0.2, 0.25) is 0 Å². The van der Waals surface area contributed by atoms with Crippen LogP contribution in [0.15, 0.2) is 42.6 Å². The number of nitrogens with zero attached hydrogens (tertiary/aromatic N) is 1. The zero-order valence-corrected chi connectivity index (χ0v) is 15.4. The normalized spacial score (nSPS) is 22.5. The first-order chi connectivity index (χ1) is 12.6. The van der Waals surface area contributed by atoms with Gasteiger partial charge in [0, 0.05) is 5.92 Å². The van der Waals surface area contributed by atoms with Crippen LogP contribution in [0.1, 0.15) is 55.0 Å². The van der Waals surface area contributed by atoms with Gasteiger partial charge in [0.25, 0.3) is 0 Å². The molecule has 1 amide bonds. The summed E-state index contributed by atoms with van der Waals surface area (Å²) in [4.78, 5) is 17.0. The van der Waals surface area contributed by atoms with Crippen LogP contribution in [0, 0.1) is 18.8 Å². The zero-order valence-electron chi connectivity index (χ0n) is 15.4. The summed E-state index contributed by atoms with van der Waals surface area (Å²) in [5, 5.41) is 3.11. The van der Waals surface area contributed by atoms with Gasteiger partial charge in [0.05, 0.1) is 24.5 Å². The molecule has 3 atom stereocenters. The Morgan fingerprint density at radius 3 is 2.85 bits per heavy atom. The van der Waals surface area contributed by atoms with Crippen molar-refractivity contribution in [1.82, 2.24) is 10.3 Å². The number of pyridine rings is 1. The molecule has 2 aromatic rings. The topological polar surface area (TPSA) is 51.2 Å². The van der Waals surface area contributed by atoms with Gasteiger partial charge in [-0.2, -0.15) is 0 Å². The lowest BCUT2D eigenvalue weighted by Crippen LogP contribution is -2.28. The molecule has 1 heterocycles. The highest BCUT2D eigenvalue weighted by Gasteiger charge is 2.44. The molecule has 1 aromatic carbocycles. The van der Waals surface area contributed by atoms with E-state index in [1.807, 2.05) is 19.1 Å². The summed E-state index contributed by atoms with van der Waals surface area (Å²) in [7, 11) is 0. The highest BCUT2D eigenvalue weighted by atomic mass is 16.5. The number of amides is 1. The van der Waals surface area contributed by atoms with Gasteiger partial charge in [-0.05, 0) is 62.6 Å². The maximum Gasteiger partial charge on any atom is 0.224 e. The first-order valence-corrected chi connectivity index (χ1v) is 9.56. The molecule has 0 aliphatic heterocycles. The third kappa shape index (κ3) is 4.06. The van der Waals surface area contributed by atoms with Crippen molar-refractivity contribution in [1.29, 1.82) is 0 Å². The maximum atomic E-state index is 12.5. The van der Waals surface area contributed by atoms with Gasteiger partial charge in [-0.25, -0.2) is 0 Å². The number of carbonyl (C=O) groups is 1. The Bertz CT molecular complexity index is 783. The minimum atomic E-state index is -0.0984. The average molecular weight is 350 g/mol. The number of hydrogen-bond acceptors (Lipinski definition) is 3. The number of benzene rings is 1. The minimum Gasteiger partial charge on any atom is -0.492 e. The average Bonchev–Trinajstić information content (AvgIpc) is 3.54. The van der Waals surface area contributed by atoms with Crippen LogP contribution in [0.4, 0.5) is 0 Å². The molecule has 26 heavy (non-hydrogen) atoms. The Kier molecular flexibility index (Phi) is 4.66. The molecule has 0 radical (unpaired) electrons. The summed E-state index contributed by atoms with van der Waals surface area (Å²) >= 11 is 0. The summed E-state index contributed by atoms with van der Waals surface area (Å²) in [6, 6.07) is 12.3. The second-order valence-corrected chi connectivity index (χ2v) is 7.77. The summed E-state index contributed by atoms with van der Waals surface area (Å²) in [6.07, 6.45) is 5.25. The molecule has 1 N–H and O–H groups in total. The van der Waals surface area contributed by atoms with Crippen LogP contribution < -0.4 is 10.1 Å². The van der Waals surface area contributed by atoms with Crippen LogP contribution in [-0.4, -0.2) is 17.5 Å². The molecule has 0 unspecified atom stereocenters. The predicted octanol–water partition coefficient (Wildman–Crippen LogP) is 4.16. The van der Waals surface area contributed by atoms with Crippen molar-refractivity contribution in [2.24, 2.45) is 11.8 Å². The fraction of sp³-hybridized carbons (Fsp3) is 0.455. The van der Waals surface area contributed by atoms with E-state index in [1.54, 1.807) is 6.20 Å². The fourth-order valence-electron chi connectivity index (χ4n) is 3.38. The van der Waals surface area contributed by atoms with Crippen molar-refractivity contribution >= 4 is 5.91 Å². The van der Waals surface area contributed by atoms with E-state index in [4.69, 9.17) is 4.74 Å². The van der Waals surface area contributed by atoms with E-state index in [0.717, 1.165) is 30.4 Å². The zero-order chi connectivity index (χ0) is 18.1. The van der Waals surface area contributed by atoms with Crippen molar-refractivity contribution in [3.63, 3.8) is 0 Å². The molecular formula is C22H26N2O2. The third-order valence-electron chi connectivity index (χ3n) is 5.34. The van der Waals surface area contributed by atoms with Crippen molar-refractivity contribution in [2.75, 3.05) is 6.61 Å². The van der Waals surface area contributed by atoms with E-state index in [9.17, 15) is 4.79 Å². The summed E-state index contributed by atoms with van der Waals surface area (Å²) in [6.45, 7) is 4.86. The Labute approximate surface area is 155 Å². The van der Waals surface area contributed by atoms with Gasteiger partial charge in [-0.15, -0.1) is 0 Å². The van der Waals surface area contributed by atoms with Gasteiger partial charge in [0.15, 0.2) is 0 Å². The van der Waals surface area contributed by atoms with Gasteiger partial charge < -0.3 is 10.1 Å². The Morgan fingerprint density at radius 2 is 2.15 bits per heavy atom. The summed E-state index contributed by atoms with van der Waals surface area (Å²) in [5.74, 6) is 2.10. The standard InChI is InChI=1S/C22H26N2O2/c1-14-4-3-5-17(10-14)19-11-20(19)22(25)24-15(2)21-9-8-18(12-23-21)26-13-16-6-7-16/h3-5,8-10,12,15-16,19-20H,6-7,11,13H2,1-2H3,(H,24,25)/t15-,19+,20-/m1/s1. The Hall–Kier alpha value is -2.36. The summed E-state index contributed by atoms with van der Waals surface area (Å²) in [5.41, 5.74) is 3.38. The molecule has 0 spiro atoms. The van der Waals surface area contributed by atoms with Crippen molar-refractivity contribution in [3.05, 3.63) is 59.4 Å². The van der Waals surface area contributed by atoms with Crippen molar-refractivity contribution in [2.45, 2.75) is 45.1 Å². The molecule has 0 saturated heterocycles.